The first-order chi connectivity index (χ1) is 11.1. The van der Waals surface area contributed by atoms with E-state index >= 15 is 0 Å². The van der Waals surface area contributed by atoms with E-state index in [9.17, 15) is 0 Å². The molecule has 0 aliphatic carbocycles. The van der Waals surface area contributed by atoms with Crippen molar-refractivity contribution in [3.8, 4) is 6.07 Å². The molecule has 120 valence electrons. The van der Waals surface area contributed by atoms with E-state index in [1.165, 1.54) is 11.8 Å². The minimum atomic E-state index is 0.188. The molecule has 0 aliphatic heterocycles. The van der Waals surface area contributed by atoms with E-state index in [4.69, 9.17) is 5.26 Å². The van der Waals surface area contributed by atoms with Crippen molar-refractivity contribution in [1.29, 1.82) is 5.26 Å². The second kappa shape index (κ2) is 8.25. The van der Waals surface area contributed by atoms with Crippen molar-refractivity contribution in [1.82, 2.24) is 14.9 Å². The monoisotopic (exact) mass is 309 g/mol. The topological polar surface area (TPSA) is 64.8 Å². The molecule has 0 radical (unpaired) electrons. The Morgan fingerprint density at radius 1 is 1.17 bits per heavy atom. The highest BCUT2D eigenvalue weighted by Gasteiger charge is 2.18. The van der Waals surface area contributed by atoms with Crippen molar-refractivity contribution in [3.05, 3.63) is 54.0 Å². The Hall–Kier alpha value is -2.45. The highest BCUT2D eigenvalue weighted by atomic mass is 15.1. The number of hydrogen-bond donors (Lipinski definition) is 1. The largest absolute Gasteiger partial charge is 0.363 e. The van der Waals surface area contributed by atoms with Gasteiger partial charge in [0.15, 0.2) is 11.5 Å². The maximum atomic E-state index is 9.14. The zero-order chi connectivity index (χ0) is 16.7. The van der Waals surface area contributed by atoms with Gasteiger partial charge in [-0.05, 0) is 18.5 Å². The molecule has 5 nitrogen and oxygen atoms in total. The van der Waals surface area contributed by atoms with Crippen LogP contribution in [0.15, 0.2) is 42.7 Å². The molecule has 2 rings (SSSR count). The smallest absolute Gasteiger partial charge is 0.182 e. The molecule has 2 aromatic rings. The first-order valence-corrected chi connectivity index (χ1v) is 7.80. The fourth-order valence-corrected chi connectivity index (χ4v) is 2.42. The predicted molar refractivity (Wildman–Crippen MR) is 91.8 cm³/mol. The normalized spacial score (nSPS) is 12.2. The molecule has 0 bridgehead atoms. The van der Waals surface area contributed by atoms with E-state index in [2.05, 4.69) is 71.4 Å². The lowest BCUT2D eigenvalue weighted by molar-refractivity contribution is 0.286. The summed E-state index contributed by atoms with van der Waals surface area (Å²) in [6.07, 6.45) is 3.14. The van der Waals surface area contributed by atoms with Gasteiger partial charge in [-0.1, -0.05) is 44.2 Å². The number of hydrogen-bond acceptors (Lipinski definition) is 5. The summed E-state index contributed by atoms with van der Waals surface area (Å²) in [5.74, 6) is 0.962. The number of nitrogens with zero attached hydrogens (tertiary/aromatic N) is 4. The summed E-state index contributed by atoms with van der Waals surface area (Å²) in [5, 5.41) is 12.5. The summed E-state index contributed by atoms with van der Waals surface area (Å²) < 4.78 is 0. The van der Waals surface area contributed by atoms with Gasteiger partial charge in [0.25, 0.3) is 0 Å². The van der Waals surface area contributed by atoms with Crippen LogP contribution in [0.1, 0.15) is 25.1 Å². The Balaban J connectivity index is 2.03. The summed E-state index contributed by atoms with van der Waals surface area (Å²) in [6, 6.07) is 12.7. The van der Waals surface area contributed by atoms with Gasteiger partial charge in [0.2, 0.25) is 0 Å². The zero-order valence-corrected chi connectivity index (χ0v) is 13.9. The van der Waals surface area contributed by atoms with Crippen LogP contribution in [-0.2, 0) is 6.54 Å². The van der Waals surface area contributed by atoms with Gasteiger partial charge in [-0.2, -0.15) is 5.26 Å². The molecular weight excluding hydrogens is 286 g/mol. The van der Waals surface area contributed by atoms with Gasteiger partial charge in [-0.15, -0.1) is 0 Å². The van der Waals surface area contributed by atoms with Crippen molar-refractivity contribution in [2.45, 2.75) is 26.4 Å². The molecule has 23 heavy (non-hydrogen) atoms. The Bertz CT molecular complexity index is 648. The molecule has 0 fully saturated rings. The van der Waals surface area contributed by atoms with Crippen molar-refractivity contribution in [3.63, 3.8) is 0 Å². The van der Waals surface area contributed by atoms with Crippen molar-refractivity contribution < 1.29 is 0 Å². The van der Waals surface area contributed by atoms with E-state index in [0.717, 1.165) is 13.1 Å². The number of anilines is 1. The fourth-order valence-electron chi connectivity index (χ4n) is 2.42. The molecule has 1 aromatic carbocycles. The van der Waals surface area contributed by atoms with Gasteiger partial charge in [0.1, 0.15) is 6.07 Å². The van der Waals surface area contributed by atoms with Gasteiger partial charge >= 0.3 is 0 Å². The third-order valence-corrected chi connectivity index (χ3v) is 3.73. The highest BCUT2D eigenvalue weighted by Crippen LogP contribution is 2.14. The maximum absolute atomic E-state index is 9.14. The predicted octanol–water partition coefficient (Wildman–Crippen LogP) is 2.92. The fraction of sp³-hybridized carbons (Fsp3) is 0.389. The number of benzene rings is 1. The summed E-state index contributed by atoms with van der Waals surface area (Å²) >= 11 is 0. The quantitative estimate of drug-likeness (QED) is 0.852. The van der Waals surface area contributed by atoms with E-state index in [1.54, 1.807) is 6.20 Å². The lowest BCUT2D eigenvalue weighted by atomic mass is 10.0. The number of nitrogens with one attached hydrogen (secondary N) is 1. The second-order valence-electron chi connectivity index (χ2n) is 6.04. The van der Waals surface area contributed by atoms with E-state index in [0.29, 0.717) is 17.4 Å². The van der Waals surface area contributed by atoms with Crippen LogP contribution in [0.4, 0.5) is 5.82 Å². The minimum absolute atomic E-state index is 0.188. The Morgan fingerprint density at radius 3 is 2.52 bits per heavy atom. The van der Waals surface area contributed by atoms with Crippen LogP contribution in [0, 0.1) is 17.2 Å². The summed E-state index contributed by atoms with van der Waals surface area (Å²) in [4.78, 5) is 10.6. The van der Waals surface area contributed by atoms with Gasteiger partial charge in [-0.3, -0.25) is 0 Å². The minimum Gasteiger partial charge on any atom is -0.363 e. The standard InChI is InChI=1S/C18H23N5/c1-14(2)17(22-18-16(11-19)20-9-10-21-18)13-23(3)12-15-7-5-4-6-8-15/h4-10,14,17H,12-13H2,1-3H3,(H,21,22). The van der Waals surface area contributed by atoms with Crippen molar-refractivity contribution in [2.75, 3.05) is 18.9 Å². The molecule has 1 aromatic heterocycles. The zero-order valence-electron chi connectivity index (χ0n) is 13.9. The molecule has 0 saturated carbocycles. The van der Waals surface area contributed by atoms with Gasteiger partial charge < -0.3 is 10.2 Å². The second-order valence-corrected chi connectivity index (χ2v) is 6.04. The van der Waals surface area contributed by atoms with E-state index in [-0.39, 0.29) is 6.04 Å². The average Bonchev–Trinajstić information content (AvgIpc) is 2.55. The first kappa shape index (κ1) is 16.9. The molecular formula is C18H23N5. The summed E-state index contributed by atoms with van der Waals surface area (Å²) in [5.41, 5.74) is 1.62. The number of likely N-dealkylation sites (N-methyl/N-ethyl adjacent to an activating group) is 1. The lowest BCUT2D eigenvalue weighted by Gasteiger charge is -2.28. The van der Waals surface area contributed by atoms with Crippen molar-refractivity contribution in [2.24, 2.45) is 5.92 Å². The van der Waals surface area contributed by atoms with Crippen LogP contribution >= 0.6 is 0 Å². The van der Waals surface area contributed by atoms with Crippen LogP contribution in [0.5, 0.6) is 0 Å². The summed E-state index contributed by atoms with van der Waals surface area (Å²) in [7, 11) is 2.10. The molecule has 1 atom stereocenters. The number of aromatic nitrogens is 2. The molecule has 0 saturated heterocycles. The lowest BCUT2D eigenvalue weighted by Crippen LogP contribution is -2.38. The molecule has 0 aliphatic rings. The van der Waals surface area contributed by atoms with Crippen LogP contribution in [0.2, 0.25) is 0 Å². The molecule has 1 heterocycles. The molecule has 1 unspecified atom stereocenters. The van der Waals surface area contributed by atoms with Crippen LogP contribution < -0.4 is 5.32 Å². The van der Waals surface area contributed by atoms with Crippen LogP contribution in [0.25, 0.3) is 0 Å². The first-order valence-electron chi connectivity index (χ1n) is 7.80. The van der Waals surface area contributed by atoms with Crippen LogP contribution in [-0.4, -0.2) is 34.5 Å². The van der Waals surface area contributed by atoms with Gasteiger partial charge in [-0.25, -0.2) is 9.97 Å². The summed E-state index contributed by atoms with van der Waals surface area (Å²) in [6.45, 7) is 6.07. The Labute approximate surface area is 138 Å². The SMILES string of the molecule is CC(C)C(CN(C)Cc1ccccc1)Nc1nccnc1C#N. The Morgan fingerprint density at radius 2 is 1.87 bits per heavy atom. The van der Waals surface area contributed by atoms with E-state index in [1.807, 2.05) is 6.07 Å². The van der Waals surface area contributed by atoms with Gasteiger partial charge in [0, 0.05) is 31.5 Å². The van der Waals surface area contributed by atoms with E-state index < -0.39 is 0 Å². The molecule has 0 spiro atoms. The van der Waals surface area contributed by atoms with Crippen molar-refractivity contribution >= 4 is 5.82 Å². The molecule has 1 N–H and O–H groups in total. The average molecular weight is 309 g/mol. The molecule has 5 heteroatoms. The third-order valence-electron chi connectivity index (χ3n) is 3.73. The number of rotatable bonds is 7. The molecule has 0 amide bonds. The highest BCUT2D eigenvalue weighted by molar-refractivity contribution is 5.47. The van der Waals surface area contributed by atoms with Crippen LogP contribution in [0.3, 0.4) is 0 Å². The maximum Gasteiger partial charge on any atom is 0.182 e. The third kappa shape index (κ3) is 5.04. The number of nitriles is 1. The van der Waals surface area contributed by atoms with Gasteiger partial charge in [0.05, 0.1) is 0 Å². The Kier molecular flexibility index (Phi) is 6.07.